The van der Waals surface area contributed by atoms with Crippen LogP contribution in [-0.2, 0) is 10.0 Å². The van der Waals surface area contributed by atoms with E-state index in [0.29, 0.717) is 6.07 Å². The molecule has 0 bridgehead atoms. The van der Waals surface area contributed by atoms with Crippen LogP contribution >= 0.6 is 0 Å². The van der Waals surface area contributed by atoms with Crippen molar-refractivity contribution in [2.24, 2.45) is 0 Å². The molecule has 0 heterocycles. The Morgan fingerprint density at radius 3 is 2.38 bits per heavy atom. The van der Waals surface area contributed by atoms with Gasteiger partial charge in [-0.2, -0.15) is 0 Å². The summed E-state index contributed by atoms with van der Waals surface area (Å²) in [5.41, 5.74) is -0.260. The second-order valence-electron chi connectivity index (χ2n) is 2.50. The molecule has 0 atom stereocenters. The van der Waals surface area contributed by atoms with Gasteiger partial charge in [-0.1, -0.05) is 0 Å². The number of benzene rings is 1. The van der Waals surface area contributed by atoms with Gasteiger partial charge >= 0.3 is 0 Å². The van der Waals surface area contributed by atoms with E-state index in [-0.39, 0.29) is 5.69 Å². The number of nitrogens with one attached hydrogen (secondary N) is 1. The van der Waals surface area contributed by atoms with Gasteiger partial charge in [0, 0.05) is 6.07 Å². The van der Waals surface area contributed by atoms with Crippen LogP contribution in [0.1, 0.15) is 0 Å². The summed E-state index contributed by atoms with van der Waals surface area (Å²) in [7, 11) is -3.52. The Hall–Kier alpha value is -1.17. The molecule has 3 nitrogen and oxygen atoms in total. The largest absolute Gasteiger partial charge is 0.281 e. The predicted molar refractivity (Wildman–Crippen MR) is 44.8 cm³/mol. The van der Waals surface area contributed by atoms with Crippen LogP contribution in [0.5, 0.6) is 0 Å². The third-order valence-electron chi connectivity index (χ3n) is 1.23. The highest BCUT2D eigenvalue weighted by Crippen LogP contribution is 2.15. The Morgan fingerprint density at radius 1 is 1.31 bits per heavy atom. The topological polar surface area (TPSA) is 46.2 Å². The normalized spacial score (nSPS) is 11.3. The lowest BCUT2D eigenvalue weighted by Crippen LogP contribution is -2.10. The molecule has 0 saturated carbocycles. The van der Waals surface area contributed by atoms with Gasteiger partial charge in [0.25, 0.3) is 0 Å². The molecule has 0 unspecified atom stereocenters. The average molecular weight is 207 g/mol. The first kappa shape index (κ1) is 9.91. The lowest BCUT2D eigenvalue weighted by Gasteiger charge is -2.04. The van der Waals surface area contributed by atoms with E-state index in [9.17, 15) is 17.2 Å². The van der Waals surface area contributed by atoms with E-state index >= 15 is 0 Å². The van der Waals surface area contributed by atoms with Gasteiger partial charge in [-0.3, -0.25) is 4.72 Å². The zero-order valence-corrected chi connectivity index (χ0v) is 7.53. The van der Waals surface area contributed by atoms with Gasteiger partial charge in [-0.25, -0.2) is 17.2 Å². The van der Waals surface area contributed by atoms with Crippen LogP contribution in [-0.4, -0.2) is 14.7 Å². The van der Waals surface area contributed by atoms with Gasteiger partial charge < -0.3 is 0 Å². The van der Waals surface area contributed by atoms with E-state index in [1.807, 2.05) is 4.72 Å². The van der Waals surface area contributed by atoms with E-state index in [0.717, 1.165) is 18.4 Å². The zero-order valence-electron chi connectivity index (χ0n) is 6.71. The van der Waals surface area contributed by atoms with Crippen LogP contribution < -0.4 is 4.72 Å². The van der Waals surface area contributed by atoms with Crippen molar-refractivity contribution in [1.82, 2.24) is 0 Å². The molecule has 1 aromatic carbocycles. The van der Waals surface area contributed by atoms with Gasteiger partial charge in [-0.05, 0) is 12.1 Å². The first-order valence-corrected chi connectivity index (χ1v) is 5.20. The molecule has 0 saturated heterocycles. The van der Waals surface area contributed by atoms with Crippen molar-refractivity contribution in [3.63, 3.8) is 0 Å². The molecule has 1 aromatic rings. The quantitative estimate of drug-likeness (QED) is 0.795. The molecule has 0 radical (unpaired) electrons. The number of rotatable bonds is 2. The number of sulfonamides is 1. The Labute approximate surface area is 74.4 Å². The highest BCUT2D eigenvalue weighted by atomic mass is 32.2. The van der Waals surface area contributed by atoms with Crippen molar-refractivity contribution >= 4 is 15.7 Å². The second kappa shape index (κ2) is 3.29. The summed E-state index contributed by atoms with van der Waals surface area (Å²) in [4.78, 5) is 0. The summed E-state index contributed by atoms with van der Waals surface area (Å²) in [6, 6.07) is 2.59. The highest BCUT2D eigenvalue weighted by molar-refractivity contribution is 7.92. The summed E-state index contributed by atoms with van der Waals surface area (Å²) >= 11 is 0. The maximum absolute atomic E-state index is 12.8. The molecule has 0 aliphatic rings. The minimum absolute atomic E-state index is 0.260. The summed E-state index contributed by atoms with van der Waals surface area (Å²) in [6.07, 6.45) is 0.885. The first-order chi connectivity index (χ1) is 5.88. The van der Waals surface area contributed by atoms with Gasteiger partial charge in [0.05, 0.1) is 11.9 Å². The summed E-state index contributed by atoms with van der Waals surface area (Å²) in [5, 5.41) is 0. The Kier molecular flexibility index (Phi) is 2.51. The van der Waals surface area contributed by atoms with Crippen LogP contribution in [0.15, 0.2) is 18.2 Å². The smallest absolute Gasteiger partial charge is 0.229 e. The van der Waals surface area contributed by atoms with Gasteiger partial charge in [-0.15, -0.1) is 0 Å². The minimum atomic E-state index is -3.52. The number of hydrogen-bond donors (Lipinski definition) is 1. The Morgan fingerprint density at radius 2 is 1.92 bits per heavy atom. The van der Waals surface area contributed by atoms with Crippen molar-refractivity contribution in [3.05, 3.63) is 29.8 Å². The summed E-state index contributed by atoms with van der Waals surface area (Å²) in [6.45, 7) is 0. The fraction of sp³-hybridized carbons (Fsp3) is 0.143. The highest BCUT2D eigenvalue weighted by Gasteiger charge is 2.07. The Balaban J connectivity index is 3.04. The van der Waals surface area contributed by atoms with E-state index < -0.39 is 21.7 Å². The van der Waals surface area contributed by atoms with Gasteiger partial charge in [0.15, 0.2) is 0 Å². The molecule has 0 aliphatic heterocycles. The molecule has 6 heteroatoms. The van der Waals surface area contributed by atoms with Crippen molar-refractivity contribution in [2.45, 2.75) is 0 Å². The van der Waals surface area contributed by atoms with E-state index in [1.165, 1.54) is 0 Å². The molecule has 72 valence electrons. The van der Waals surface area contributed by atoms with Crippen LogP contribution in [0.2, 0.25) is 0 Å². The lowest BCUT2D eigenvalue weighted by atomic mass is 10.3. The standard InChI is InChI=1S/C7H7F2NO2S/c1-13(11,12)10-7-3-2-5(8)4-6(7)9/h2-4,10H,1H3. The molecular formula is C7H7F2NO2S. The van der Waals surface area contributed by atoms with Crippen molar-refractivity contribution < 1.29 is 17.2 Å². The van der Waals surface area contributed by atoms with Crippen LogP contribution in [0.3, 0.4) is 0 Å². The number of hydrogen-bond acceptors (Lipinski definition) is 2. The first-order valence-electron chi connectivity index (χ1n) is 3.31. The molecule has 1 N–H and O–H groups in total. The fourth-order valence-corrected chi connectivity index (χ4v) is 1.34. The molecular weight excluding hydrogens is 200 g/mol. The van der Waals surface area contributed by atoms with Gasteiger partial charge in [0.2, 0.25) is 10.0 Å². The third kappa shape index (κ3) is 2.98. The van der Waals surface area contributed by atoms with Crippen molar-refractivity contribution in [2.75, 3.05) is 11.0 Å². The fourth-order valence-electron chi connectivity index (χ4n) is 0.772. The second-order valence-corrected chi connectivity index (χ2v) is 4.25. The minimum Gasteiger partial charge on any atom is -0.281 e. The van der Waals surface area contributed by atoms with Crippen molar-refractivity contribution in [1.29, 1.82) is 0 Å². The summed E-state index contributed by atoms with van der Waals surface area (Å²) < 4.78 is 48.4. The Bertz CT molecular complexity index is 417. The number of halogens is 2. The lowest BCUT2D eigenvalue weighted by molar-refractivity contribution is 0.583. The zero-order chi connectivity index (χ0) is 10.1. The maximum atomic E-state index is 12.8. The van der Waals surface area contributed by atoms with Crippen LogP contribution in [0.25, 0.3) is 0 Å². The van der Waals surface area contributed by atoms with Crippen molar-refractivity contribution in [3.8, 4) is 0 Å². The molecule has 0 spiro atoms. The SMILES string of the molecule is CS(=O)(=O)Nc1ccc(F)cc1F. The average Bonchev–Trinajstić information content (AvgIpc) is 1.93. The van der Waals surface area contributed by atoms with Gasteiger partial charge in [0.1, 0.15) is 11.6 Å². The van der Waals surface area contributed by atoms with E-state index in [2.05, 4.69) is 0 Å². The predicted octanol–water partition coefficient (Wildman–Crippen LogP) is 1.34. The molecule has 1 rings (SSSR count). The molecule has 0 aromatic heterocycles. The van der Waals surface area contributed by atoms with Crippen LogP contribution in [0.4, 0.5) is 14.5 Å². The maximum Gasteiger partial charge on any atom is 0.229 e. The molecule has 0 aliphatic carbocycles. The third-order valence-corrected chi connectivity index (χ3v) is 1.82. The molecule has 0 amide bonds. The van der Waals surface area contributed by atoms with Crippen LogP contribution in [0, 0.1) is 11.6 Å². The summed E-state index contributed by atoms with van der Waals surface area (Å²) in [5.74, 6) is -1.69. The van der Waals surface area contributed by atoms with E-state index in [1.54, 1.807) is 0 Å². The van der Waals surface area contributed by atoms with E-state index in [4.69, 9.17) is 0 Å². The molecule has 13 heavy (non-hydrogen) atoms. The number of anilines is 1. The molecule has 0 fully saturated rings. The monoisotopic (exact) mass is 207 g/mol.